The lowest BCUT2D eigenvalue weighted by atomic mass is 9.77. The molecule has 1 saturated carbocycles. The summed E-state index contributed by atoms with van der Waals surface area (Å²) in [6.07, 6.45) is 5.54. The monoisotopic (exact) mass is 474 g/mol. The quantitative estimate of drug-likeness (QED) is 0.300. The zero-order chi connectivity index (χ0) is 24.6. The van der Waals surface area contributed by atoms with Crippen LogP contribution in [0.4, 0.5) is 22.0 Å². The Morgan fingerprint density at radius 2 is 1.41 bits per heavy atom. The van der Waals surface area contributed by atoms with Gasteiger partial charge in [0.25, 0.3) is 0 Å². The fourth-order valence-corrected chi connectivity index (χ4v) is 4.86. The van der Waals surface area contributed by atoms with Crippen molar-refractivity contribution in [1.29, 1.82) is 0 Å². The molecule has 7 heteroatoms. The lowest BCUT2D eigenvalue weighted by Crippen LogP contribution is -2.12. The summed E-state index contributed by atoms with van der Waals surface area (Å²) in [6, 6.07) is 8.94. The maximum atomic E-state index is 15.3. The smallest absolute Gasteiger partial charge is 0.341 e. The van der Waals surface area contributed by atoms with E-state index >= 15 is 4.39 Å². The van der Waals surface area contributed by atoms with Crippen LogP contribution in [0.1, 0.15) is 60.9 Å². The van der Waals surface area contributed by atoms with Crippen molar-refractivity contribution in [3.63, 3.8) is 0 Å². The number of carboxylic acid groups (broad SMARTS) is 1. The van der Waals surface area contributed by atoms with Crippen LogP contribution in [0.3, 0.4) is 0 Å². The highest BCUT2D eigenvalue weighted by molar-refractivity contribution is 5.94. The van der Waals surface area contributed by atoms with Gasteiger partial charge in [-0.1, -0.05) is 37.6 Å². The first-order valence-corrected chi connectivity index (χ1v) is 11.2. The van der Waals surface area contributed by atoms with Crippen LogP contribution in [-0.4, -0.2) is 11.1 Å². The normalized spacial score (nSPS) is 18.2. The van der Waals surface area contributed by atoms with Crippen LogP contribution >= 0.6 is 0 Å². The van der Waals surface area contributed by atoms with Gasteiger partial charge in [0.1, 0.15) is 17.2 Å². The van der Waals surface area contributed by atoms with Crippen molar-refractivity contribution in [3.8, 4) is 22.3 Å². The van der Waals surface area contributed by atoms with E-state index in [1.165, 1.54) is 0 Å². The van der Waals surface area contributed by atoms with Crippen molar-refractivity contribution in [2.45, 2.75) is 44.9 Å². The number of benzene rings is 3. The fourth-order valence-electron chi connectivity index (χ4n) is 4.86. The number of carbonyl (C=O) groups is 1. The lowest BCUT2D eigenvalue weighted by molar-refractivity contribution is 0.0686. The Morgan fingerprint density at radius 3 is 1.94 bits per heavy atom. The van der Waals surface area contributed by atoms with Gasteiger partial charge in [-0.05, 0) is 78.0 Å². The second-order valence-electron chi connectivity index (χ2n) is 8.78. The number of rotatable bonds is 5. The van der Waals surface area contributed by atoms with Gasteiger partial charge in [-0.25, -0.2) is 26.7 Å². The minimum Gasteiger partial charge on any atom is -0.477 e. The SMILES string of the molecule is CC[C@H]1CC[C@H](c2ccc(-c3cc(F)c(C(=O)O)c(F)c3-c3cc(F)c(F)c(F)c3)cc2)CC1. The molecule has 0 aromatic heterocycles. The molecular formula is C27H23F5O2. The van der Waals surface area contributed by atoms with E-state index in [0.717, 1.165) is 49.7 Å². The molecule has 0 aliphatic heterocycles. The van der Waals surface area contributed by atoms with Crippen molar-refractivity contribution in [3.05, 3.63) is 82.7 Å². The molecule has 2 nitrogen and oxygen atoms in total. The van der Waals surface area contributed by atoms with Gasteiger partial charge in [0, 0.05) is 5.56 Å². The summed E-state index contributed by atoms with van der Waals surface area (Å²) in [6.45, 7) is 2.18. The first kappa shape index (κ1) is 23.9. The third-order valence-corrected chi connectivity index (χ3v) is 6.82. The standard InChI is InChI=1S/C27H23F5O2/c1-2-14-3-5-15(6-4-14)16-7-9-17(10-8-16)19-13-20(28)24(27(33)34)26(32)23(19)18-11-21(29)25(31)22(30)12-18/h7-15H,2-6H2,1H3,(H,33,34)/t14-,15-. The Labute approximate surface area is 194 Å². The lowest BCUT2D eigenvalue weighted by Gasteiger charge is -2.28. The van der Waals surface area contributed by atoms with E-state index in [-0.39, 0.29) is 5.56 Å². The van der Waals surface area contributed by atoms with Crippen LogP contribution in [-0.2, 0) is 0 Å². The zero-order valence-electron chi connectivity index (χ0n) is 18.5. The molecule has 1 fully saturated rings. The minimum atomic E-state index is -1.87. The van der Waals surface area contributed by atoms with Crippen LogP contribution in [0.2, 0.25) is 0 Å². The Kier molecular flexibility index (Phi) is 6.73. The second-order valence-corrected chi connectivity index (χ2v) is 8.78. The molecule has 0 spiro atoms. The molecule has 4 rings (SSSR count). The van der Waals surface area contributed by atoms with E-state index in [2.05, 4.69) is 6.92 Å². The van der Waals surface area contributed by atoms with E-state index in [4.69, 9.17) is 0 Å². The maximum absolute atomic E-state index is 15.3. The average molecular weight is 474 g/mol. The van der Waals surface area contributed by atoms with E-state index < -0.39 is 51.7 Å². The maximum Gasteiger partial charge on any atom is 0.341 e. The molecule has 1 aliphatic rings. The van der Waals surface area contributed by atoms with Crippen molar-refractivity contribution in [1.82, 2.24) is 0 Å². The van der Waals surface area contributed by atoms with E-state index in [1.54, 1.807) is 12.1 Å². The third-order valence-electron chi connectivity index (χ3n) is 6.82. The number of hydrogen-bond acceptors (Lipinski definition) is 1. The van der Waals surface area contributed by atoms with Gasteiger partial charge in [-0.15, -0.1) is 0 Å². The largest absolute Gasteiger partial charge is 0.477 e. The molecular weight excluding hydrogens is 451 g/mol. The molecule has 0 bridgehead atoms. The molecule has 0 unspecified atom stereocenters. The highest BCUT2D eigenvalue weighted by Crippen LogP contribution is 2.40. The first-order valence-electron chi connectivity index (χ1n) is 11.2. The molecule has 34 heavy (non-hydrogen) atoms. The van der Waals surface area contributed by atoms with Crippen molar-refractivity contribution >= 4 is 5.97 Å². The summed E-state index contributed by atoms with van der Waals surface area (Å²) >= 11 is 0. The number of aromatic carboxylic acids is 1. The Hall–Kier alpha value is -3.22. The van der Waals surface area contributed by atoms with Crippen molar-refractivity contribution in [2.75, 3.05) is 0 Å². The highest BCUT2D eigenvalue weighted by atomic mass is 19.2. The van der Waals surface area contributed by atoms with Gasteiger partial charge in [0.05, 0.1) is 0 Å². The molecule has 178 valence electrons. The molecule has 3 aromatic rings. The van der Waals surface area contributed by atoms with Crippen LogP contribution in [0.15, 0.2) is 42.5 Å². The van der Waals surface area contributed by atoms with Gasteiger partial charge in [-0.3, -0.25) is 0 Å². The number of halogens is 5. The molecule has 0 saturated heterocycles. The van der Waals surface area contributed by atoms with Crippen LogP contribution in [0.25, 0.3) is 22.3 Å². The third kappa shape index (κ3) is 4.43. The van der Waals surface area contributed by atoms with Gasteiger partial charge in [0.2, 0.25) is 0 Å². The van der Waals surface area contributed by atoms with Crippen molar-refractivity contribution in [2.24, 2.45) is 5.92 Å². The number of hydrogen-bond donors (Lipinski definition) is 1. The van der Waals surface area contributed by atoms with E-state index in [0.29, 0.717) is 23.6 Å². The highest BCUT2D eigenvalue weighted by Gasteiger charge is 2.27. The predicted molar refractivity (Wildman–Crippen MR) is 119 cm³/mol. The molecule has 0 atom stereocenters. The Morgan fingerprint density at radius 1 is 0.824 bits per heavy atom. The predicted octanol–water partition coefficient (Wildman–Crippen LogP) is 8.10. The second kappa shape index (κ2) is 9.57. The summed E-state index contributed by atoms with van der Waals surface area (Å²) in [5, 5.41) is 9.26. The van der Waals surface area contributed by atoms with Gasteiger partial charge in [-0.2, -0.15) is 0 Å². The molecule has 1 aliphatic carbocycles. The zero-order valence-corrected chi connectivity index (χ0v) is 18.5. The van der Waals surface area contributed by atoms with E-state index in [9.17, 15) is 27.5 Å². The Balaban J connectivity index is 1.81. The summed E-state index contributed by atoms with van der Waals surface area (Å²) in [5.41, 5.74) is -0.885. The molecule has 3 aromatic carbocycles. The van der Waals surface area contributed by atoms with Crippen LogP contribution in [0.5, 0.6) is 0 Å². The molecule has 1 N–H and O–H groups in total. The summed E-state index contributed by atoms with van der Waals surface area (Å²) < 4.78 is 71.2. The summed E-state index contributed by atoms with van der Waals surface area (Å²) in [7, 11) is 0. The van der Waals surface area contributed by atoms with Crippen molar-refractivity contribution < 1.29 is 31.9 Å². The summed E-state index contributed by atoms with van der Waals surface area (Å²) in [4.78, 5) is 11.4. The van der Waals surface area contributed by atoms with Crippen LogP contribution in [0, 0.1) is 35.0 Å². The Bertz CT molecular complexity index is 1210. The fraction of sp³-hybridized carbons (Fsp3) is 0.296. The van der Waals surface area contributed by atoms with Crippen LogP contribution < -0.4 is 0 Å². The summed E-state index contributed by atoms with van der Waals surface area (Å²) in [5.74, 6) is -8.46. The molecule has 0 heterocycles. The van der Waals surface area contributed by atoms with Gasteiger partial charge in [0.15, 0.2) is 17.5 Å². The van der Waals surface area contributed by atoms with Gasteiger partial charge < -0.3 is 5.11 Å². The minimum absolute atomic E-state index is 0.0911. The topological polar surface area (TPSA) is 37.3 Å². The number of carboxylic acids is 1. The average Bonchev–Trinajstić information content (AvgIpc) is 2.82. The first-order chi connectivity index (χ1) is 16.2. The van der Waals surface area contributed by atoms with Gasteiger partial charge >= 0.3 is 5.97 Å². The molecule has 0 amide bonds. The molecule has 0 radical (unpaired) electrons. The van der Waals surface area contributed by atoms with E-state index in [1.807, 2.05) is 12.1 Å².